The Morgan fingerprint density at radius 3 is 2.31 bits per heavy atom. The van der Waals surface area contributed by atoms with E-state index in [1.54, 1.807) is 6.07 Å². The molecule has 0 bridgehead atoms. The van der Waals surface area contributed by atoms with E-state index in [9.17, 15) is 37.9 Å². The number of amides is 3. The lowest BCUT2D eigenvalue weighted by Crippen LogP contribution is -2.64. The molecule has 3 amide bonds. The molecule has 3 aliphatic rings. The number of nitrogens with two attached hydrogens (primary N) is 1. The monoisotopic (exact) mass is 501 g/mol. The largest absolute Gasteiger partial charge is 0.471 e. The number of halogens is 3. The van der Waals surface area contributed by atoms with Gasteiger partial charge in [-0.05, 0) is 42.1 Å². The molecule has 2 heterocycles. The fourth-order valence-corrected chi connectivity index (χ4v) is 5.99. The quantitative estimate of drug-likeness (QED) is 0.496. The van der Waals surface area contributed by atoms with Gasteiger partial charge in [0.05, 0.1) is 6.07 Å². The second kappa shape index (κ2) is 8.92. The maximum atomic E-state index is 13.9. The maximum Gasteiger partial charge on any atom is 0.471 e. The molecular formula is C23H34F3N5O4. The van der Waals surface area contributed by atoms with Crippen LogP contribution in [0.1, 0.15) is 47.5 Å². The highest BCUT2D eigenvalue weighted by molar-refractivity contribution is 5.94. The Kier molecular flexibility index (Phi) is 6.94. The Morgan fingerprint density at radius 1 is 1.29 bits per heavy atom. The van der Waals surface area contributed by atoms with Crippen LogP contribution in [0.5, 0.6) is 0 Å². The normalized spacial score (nSPS) is 31.3. The third-order valence-corrected chi connectivity index (χ3v) is 7.92. The van der Waals surface area contributed by atoms with Gasteiger partial charge in [-0.1, -0.05) is 34.6 Å². The van der Waals surface area contributed by atoms with Crippen molar-refractivity contribution < 1.29 is 32.7 Å². The smallest absolute Gasteiger partial charge is 0.378 e. The molecule has 7 atom stereocenters. The number of aliphatic hydroxyl groups excluding tert-OH is 1. The Bertz CT molecular complexity index is 926. The first-order valence-electron chi connectivity index (χ1n) is 11.7. The van der Waals surface area contributed by atoms with E-state index >= 15 is 0 Å². The lowest BCUT2D eigenvalue weighted by Gasteiger charge is -2.44. The summed E-state index contributed by atoms with van der Waals surface area (Å²) >= 11 is 0. The van der Waals surface area contributed by atoms with Gasteiger partial charge >= 0.3 is 12.1 Å². The number of rotatable bonds is 6. The Labute approximate surface area is 202 Å². The first-order valence-corrected chi connectivity index (χ1v) is 11.7. The number of piperidine rings is 1. The van der Waals surface area contributed by atoms with Gasteiger partial charge in [0.25, 0.3) is 0 Å². The second-order valence-electron chi connectivity index (χ2n) is 11.6. The number of hydrogen-bond acceptors (Lipinski definition) is 6. The van der Waals surface area contributed by atoms with Gasteiger partial charge < -0.3 is 20.6 Å². The number of nitrogens with one attached hydrogen (secondary N) is 1. The van der Waals surface area contributed by atoms with Crippen molar-refractivity contribution in [2.45, 2.75) is 78.0 Å². The molecule has 9 nitrogen and oxygen atoms in total. The third-order valence-electron chi connectivity index (χ3n) is 7.92. The third kappa shape index (κ3) is 4.85. The van der Waals surface area contributed by atoms with Gasteiger partial charge in [0.2, 0.25) is 11.8 Å². The molecule has 0 aromatic carbocycles. The molecule has 4 N–H and O–H groups in total. The first kappa shape index (κ1) is 27.2. The van der Waals surface area contributed by atoms with Crippen molar-refractivity contribution in [2.75, 3.05) is 13.1 Å². The van der Waals surface area contributed by atoms with Crippen molar-refractivity contribution >= 4 is 17.7 Å². The number of likely N-dealkylation sites (tertiary alicyclic amines) is 1. The van der Waals surface area contributed by atoms with Crippen LogP contribution in [0.25, 0.3) is 0 Å². The summed E-state index contributed by atoms with van der Waals surface area (Å²) in [4.78, 5) is 40.4. The average Bonchev–Trinajstić information content (AvgIpc) is 3.09. The number of hydrogen-bond donors (Lipinski definition) is 3. The van der Waals surface area contributed by atoms with Crippen molar-refractivity contribution in [2.24, 2.45) is 34.3 Å². The number of aliphatic hydroxyl groups is 1. The molecule has 2 saturated heterocycles. The van der Waals surface area contributed by atoms with Crippen LogP contribution in [0.4, 0.5) is 13.2 Å². The van der Waals surface area contributed by atoms with E-state index in [-0.39, 0.29) is 30.2 Å². The lowest BCUT2D eigenvalue weighted by atomic mass is 9.82. The van der Waals surface area contributed by atoms with E-state index in [2.05, 4.69) is 5.32 Å². The standard InChI is InChI=1S/C23H34F3N5O4/c1-21(2,3)16(19(34)30-10-13-14(22(13,4)5)15(30)17(28)32)31(20(35)23(24,25)26)12(9-27)8-11-6-7-29-18(11)33/h11-16,18,29,33H,6-8,10H2,1-5H3,(H2,28,32)/t11-,12-,13?,14?,15?,16+,18-/m0/s1. The van der Waals surface area contributed by atoms with E-state index in [4.69, 9.17) is 5.73 Å². The zero-order valence-electron chi connectivity index (χ0n) is 20.6. The number of nitrogens with zero attached hydrogens (tertiary/aromatic N) is 3. The molecule has 0 radical (unpaired) electrons. The average molecular weight is 502 g/mol. The second-order valence-corrected chi connectivity index (χ2v) is 11.6. The van der Waals surface area contributed by atoms with Crippen LogP contribution in [0.3, 0.4) is 0 Å². The summed E-state index contributed by atoms with van der Waals surface area (Å²) in [5.74, 6) is -4.73. The van der Waals surface area contributed by atoms with Crippen LogP contribution in [-0.4, -0.2) is 76.2 Å². The van der Waals surface area contributed by atoms with Gasteiger partial charge in [0.15, 0.2) is 0 Å². The Hall–Kier alpha value is -2.39. The highest BCUT2D eigenvalue weighted by atomic mass is 19.4. The molecule has 0 aromatic heterocycles. The highest BCUT2D eigenvalue weighted by Gasteiger charge is 2.70. The minimum absolute atomic E-state index is 0.0391. The lowest BCUT2D eigenvalue weighted by molar-refractivity contribution is -0.194. The fraction of sp³-hybridized carbons (Fsp3) is 0.826. The van der Waals surface area contributed by atoms with Gasteiger partial charge in [0, 0.05) is 12.5 Å². The summed E-state index contributed by atoms with van der Waals surface area (Å²) in [6.45, 7) is 8.94. The zero-order valence-corrected chi connectivity index (χ0v) is 20.6. The summed E-state index contributed by atoms with van der Waals surface area (Å²) in [7, 11) is 0. The Balaban J connectivity index is 2.03. The van der Waals surface area contributed by atoms with Crippen LogP contribution in [0, 0.1) is 39.9 Å². The minimum Gasteiger partial charge on any atom is -0.378 e. The van der Waals surface area contributed by atoms with Gasteiger partial charge in [0.1, 0.15) is 24.4 Å². The number of carbonyl (C=O) groups is 3. The van der Waals surface area contributed by atoms with E-state index in [1.165, 1.54) is 25.7 Å². The molecule has 12 heteroatoms. The molecular weight excluding hydrogens is 467 g/mol. The van der Waals surface area contributed by atoms with Crippen molar-refractivity contribution in [3.63, 3.8) is 0 Å². The van der Waals surface area contributed by atoms with Crippen molar-refractivity contribution in [3.8, 4) is 6.07 Å². The predicted molar refractivity (Wildman–Crippen MR) is 118 cm³/mol. The van der Waals surface area contributed by atoms with Gasteiger partial charge in [-0.3, -0.25) is 19.7 Å². The number of alkyl halides is 3. The summed E-state index contributed by atoms with van der Waals surface area (Å²) in [5.41, 5.74) is 4.15. The topological polar surface area (TPSA) is 140 Å². The van der Waals surface area contributed by atoms with Crippen molar-refractivity contribution in [3.05, 3.63) is 0 Å². The minimum atomic E-state index is -5.34. The first-order chi connectivity index (χ1) is 15.9. The molecule has 196 valence electrons. The summed E-state index contributed by atoms with van der Waals surface area (Å²) in [6.07, 6.45) is -6.23. The molecule has 3 rings (SSSR count). The highest BCUT2D eigenvalue weighted by Crippen LogP contribution is 2.65. The summed E-state index contributed by atoms with van der Waals surface area (Å²) in [6, 6.07) is -2.55. The number of primary amides is 1. The van der Waals surface area contributed by atoms with Crippen LogP contribution in [0.2, 0.25) is 0 Å². The van der Waals surface area contributed by atoms with E-state index in [0.717, 1.165) is 0 Å². The SMILES string of the molecule is CC1(C)C2CN(C(=O)[C@@H](N(C(=O)C(F)(F)F)[C@H](C#N)C[C@@H]3CCN[C@H]3O)C(C)(C)C)C(C(N)=O)C21. The molecule has 0 aromatic rings. The van der Waals surface area contributed by atoms with Crippen LogP contribution in [0.15, 0.2) is 0 Å². The molecule has 1 saturated carbocycles. The molecule has 0 spiro atoms. The maximum absolute atomic E-state index is 13.9. The molecule has 1 aliphatic carbocycles. The number of nitriles is 1. The van der Waals surface area contributed by atoms with Crippen LogP contribution in [-0.2, 0) is 14.4 Å². The van der Waals surface area contributed by atoms with E-state index in [0.29, 0.717) is 17.9 Å². The Morgan fingerprint density at radius 2 is 1.89 bits per heavy atom. The summed E-state index contributed by atoms with van der Waals surface area (Å²) < 4.78 is 41.4. The van der Waals surface area contributed by atoms with Gasteiger partial charge in [-0.15, -0.1) is 0 Å². The fourth-order valence-electron chi connectivity index (χ4n) is 5.99. The number of carbonyl (C=O) groups excluding carboxylic acids is 3. The van der Waals surface area contributed by atoms with Crippen molar-refractivity contribution in [1.82, 2.24) is 15.1 Å². The zero-order chi connectivity index (χ0) is 26.7. The van der Waals surface area contributed by atoms with E-state index < -0.39 is 59.6 Å². The van der Waals surface area contributed by atoms with Gasteiger partial charge in [-0.2, -0.15) is 18.4 Å². The summed E-state index contributed by atoms with van der Waals surface area (Å²) in [5, 5.41) is 22.7. The molecule has 35 heavy (non-hydrogen) atoms. The van der Waals surface area contributed by atoms with Gasteiger partial charge in [-0.25, -0.2) is 0 Å². The molecule has 3 fully saturated rings. The van der Waals surface area contributed by atoms with Crippen molar-refractivity contribution in [1.29, 1.82) is 5.26 Å². The van der Waals surface area contributed by atoms with E-state index in [1.807, 2.05) is 13.8 Å². The predicted octanol–water partition coefficient (Wildman–Crippen LogP) is 0.970. The van der Waals surface area contributed by atoms with Crippen LogP contribution < -0.4 is 11.1 Å². The number of fused-ring (bicyclic) bond motifs is 1. The van der Waals surface area contributed by atoms with Crippen LogP contribution >= 0.6 is 0 Å². The molecule has 2 aliphatic heterocycles. The molecule has 3 unspecified atom stereocenters.